The van der Waals surface area contributed by atoms with E-state index in [1.54, 1.807) is 47.6 Å². The number of hydrogen-bond donors (Lipinski definition) is 0. The van der Waals surface area contributed by atoms with Gasteiger partial charge in [-0.25, -0.2) is 9.80 Å². The number of nitriles is 1. The summed E-state index contributed by atoms with van der Waals surface area (Å²) in [6.07, 6.45) is 1.97. The molecule has 6 heteroatoms. The Labute approximate surface area is 204 Å². The fraction of sp³-hybridized carbons (Fsp3) is 0.207. The minimum atomic E-state index is -0.674. The molecule has 3 aromatic carbocycles. The van der Waals surface area contributed by atoms with Gasteiger partial charge in [-0.05, 0) is 35.4 Å². The van der Waals surface area contributed by atoms with Gasteiger partial charge in [0.05, 0.1) is 41.9 Å². The van der Waals surface area contributed by atoms with Crippen LogP contribution in [0, 0.1) is 16.7 Å². The fourth-order valence-corrected chi connectivity index (χ4v) is 4.96. The van der Waals surface area contributed by atoms with E-state index >= 15 is 0 Å². The third-order valence-corrected chi connectivity index (χ3v) is 6.77. The average Bonchev–Trinajstić information content (AvgIpc) is 3.20. The van der Waals surface area contributed by atoms with Gasteiger partial charge in [0, 0.05) is 5.41 Å². The van der Waals surface area contributed by atoms with Crippen LogP contribution < -0.4 is 0 Å². The maximum Gasteiger partial charge on any atom is 0.343 e. The van der Waals surface area contributed by atoms with Crippen molar-refractivity contribution in [1.82, 2.24) is 10.0 Å². The first-order valence-corrected chi connectivity index (χ1v) is 11.5. The van der Waals surface area contributed by atoms with E-state index in [1.165, 1.54) is 0 Å². The van der Waals surface area contributed by atoms with Gasteiger partial charge in [-0.2, -0.15) is 10.3 Å². The van der Waals surface area contributed by atoms with Gasteiger partial charge in [-0.3, -0.25) is 4.79 Å². The topological polar surface area (TPSA) is 73.6 Å². The lowest BCUT2D eigenvalue weighted by Gasteiger charge is -2.49. The first-order valence-electron chi connectivity index (χ1n) is 11.5. The molecule has 2 heterocycles. The maximum absolute atomic E-state index is 13.2. The van der Waals surface area contributed by atoms with Crippen LogP contribution in [-0.2, 0) is 9.53 Å². The summed E-state index contributed by atoms with van der Waals surface area (Å²) < 4.78 is 5.94. The van der Waals surface area contributed by atoms with Crippen molar-refractivity contribution >= 4 is 11.9 Å². The highest BCUT2D eigenvalue weighted by Crippen LogP contribution is 2.54. The van der Waals surface area contributed by atoms with Gasteiger partial charge in [0.15, 0.2) is 0 Å². The van der Waals surface area contributed by atoms with Crippen LogP contribution in [0.4, 0.5) is 0 Å². The molecule has 6 nitrogen and oxygen atoms in total. The molecule has 35 heavy (non-hydrogen) atoms. The fourth-order valence-electron chi connectivity index (χ4n) is 4.96. The quantitative estimate of drug-likeness (QED) is 0.476. The summed E-state index contributed by atoms with van der Waals surface area (Å²) >= 11 is 0. The number of carbonyl (C=O) groups is 2. The van der Waals surface area contributed by atoms with Crippen molar-refractivity contribution < 1.29 is 14.3 Å². The Bertz CT molecular complexity index is 1330. The second kappa shape index (κ2) is 8.86. The van der Waals surface area contributed by atoms with Crippen LogP contribution in [0.5, 0.6) is 0 Å². The summed E-state index contributed by atoms with van der Waals surface area (Å²) in [7, 11) is 0. The molecule has 2 aliphatic rings. The van der Waals surface area contributed by atoms with Crippen molar-refractivity contribution in [2.24, 2.45) is 5.41 Å². The van der Waals surface area contributed by atoms with Gasteiger partial charge in [0.25, 0.3) is 0 Å². The monoisotopic (exact) mass is 463 g/mol. The smallest absolute Gasteiger partial charge is 0.343 e. The van der Waals surface area contributed by atoms with E-state index in [1.807, 2.05) is 62.4 Å². The summed E-state index contributed by atoms with van der Waals surface area (Å²) in [5.74, 6) is -0.122. The van der Waals surface area contributed by atoms with Crippen LogP contribution in [0.15, 0.2) is 96.9 Å². The number of rotatable bonds is 4. The molecule has 0 aromatic heterocycles. The average molecular weight is 464 g/mol. The highest BCUT2D eigenvalue weighted by atomic mass is 16.5. The molecule has 2 atom stereocenters. The van der Waals surface area contributed by atoms with Crippen molar-refractivity contribution in [2.75, 3.05) is 0 Å². The summed E-state index contributed by atoms with van der Waals surface area (Å²) in [6.45, 7) is 4.03. The highest BCUT2D eigenvalue weighted by molar-refractivity contribution is 5.90. The van der Waals surface area contributed by atoms with Gasteiger partial charge >= 0.3 is 5.97 Å². The molecule has 3 aromatic rings. The lowest BCUT2D eigenvalue weighted by atomic mass is 9.76. The van der Waals surface area contributed by atoms with Crippen LogP contribution in [0.3, 0.4) is 0 Å². The molecule has 0 bridgehead atoms. The molecule has 1 amide bonds. The predicted octanol–water partition coefficient (Wildman–Crippen LogP) is 5.53. The molecule has 1 fully saturated rings. The number of ether oxygens (including phenoxy) is 1. The molecular weight excluding hydrogens is 438 g/mol. The van der Waals surface area contributed by atoms with Gasteiger partial charge in [0.2, 0.25) is 5.91 Å². The van der Waals surface area contributed by atoms with Gasteiger partial charge in [0.1, 0.15) is 5.76 Å². The molecule has 0 radical (unpaired) electrons. The van der Waals surface area contributed by atoms with Crippen molar-refractivity contribution in [1.29, 1.82) is 5.26 Å². The zero-order valence-electron chi connectivity index (χ0n) is 19.6. The van der Waals surface area contributed by atoms with E-state index in [2.05, 4.69) is 11.1 Å². The molecule has 0 spiro atoms. The maximum atomic E-state index is 13.2. The zero-order valence-corrected chi connectivity index (χ0v) is 19.6. The second-order valence-corrected chi connectivity index (χ2v) is 9.36. The SMILES string of the molecule is CC1(C)C(OC(=O)c2ccccc2)=CN2C(=O)C[C@H](c3ccccc3)N2[C@@H]1c1ccc(C#N)cc1. The minimum absolute atomic E-state index is 0.0683. The second-order valence-electron chi connectivity index (χ2n) is 9.36. The van der Waals surface area contributed by atoms with E-state index in [-0.39, 0.29) is 18.0 Å². The van der Waals surface area contributed by atoms with Crippen LogP contribution >= 0.6 is 0 Å². The van der Waals surface area contributed by atoms with Crippen LogP contribution in [0.25, 0.3) is 0 Å². The first-order chi connectivity index (χ1) is 16.9. The molecule has 0 unspecified atom stereocenters. The molecule has 5 rings (SSSR count). The Morgan fingerprint density at radius 2 is 1.57 bits per heavy atom. The van der Waals surface area contributed by atoms with E-state index < -0.39 is 11.4 Å². The van der Waals surface area contributed by atoms with E-state index in [0.29, 0.717) is 23.3 Å². The van der Waals surface area contributed by atoms with Crippen LogP contribution in [0.2, 0.25) is 0 Å². The molecule has 0 saturated carbocycles. The summed E-state index contributed by atoms with van der Waals surface area (Å²) in [5, 5.41) is 13.0. The Morgan fingerprint density at radius 1 is 0.943 bits per heavy atom. The number of esters is 1. The number of benzene rings is 3. The number of nitrogens with zero attached hydrogens (tertiary/aromatic N) is 3. The highest BCUT2D eigenvalue weighted by Gasteiger charge is 2.53. The Hall–Kier alpha value is -4.21. The van der Waals surface area contributed by atoms with Crippen molar-refractivity contribution in [3.8, 4) is 6.07 Å². The number of carbonyl (C=O) groups excluding carboxylic acids is 2. The number of hydrazine groups is 1. The zero-order chi connectivity index (χ0) is 24.6. The Kier molecular flexibility index (Phi) is 5.72. The molecular formula is C29H25N3O3. The largest absolute Gasteiger partial charge is 0.425 e. The molecule has 174 valence electrons. The van der Waals surface area contributed by atoms with E-state index in [0.717, 1.165) is 11.1 Å². The third kappa shape index (κ3) is 4.01. The van der Waals surface area contributed by atoms with E-state index in [4.69, 9.17) is 4.74 Å². The number of amides is 1. The lowest BCUT2D eigenvalue weighted by Crippen LogP contribution is -2.50. The third-order valence-electron chi connectivity index (χ3n) is 6.77. The first kappa shape index (κ1) is 22.6. The molecule has 0 aliphatic carbocycles. The lowest BCUT2D eigenvalue weighted by molar-refractivity contribution is -0.144. The van der Waals surface area contributed by atoms with Crippen molar-refractivity contribution in [3.05, 3.63) is 119 Å². The molecule has 0 N–H and O–H groups in total. The van der Waals surface area contributed by atoms with Gasteiger partial charge in [-0.15, -0.1) is 0 Å². The number of hydrogen-bond acceptors (Lipinski definition) is 5. The molecule has 1 saturated heterocycles. The Balaban J connectivity index is 1.61. The normalized spacial score (nSPS) is 21.1. The summed E-state index contributed by atoms with van der Waals surface area (Å²) in [5.41, 5.74) is 2.29. The number of fused-ring (bicyclic) bond motifs is 1. The van der Waals surface area contributed by atoms with E-state index in [9.17, 15) is 14.9 Å². The van der Waals surface area contributed by atoms with Crippen LogP contribution in [-0.4, -0.2) is 21.9 Å². The predicted molar refractivity (Wildman–Crippen MR) is 130 cm³/mol. The standard InChI is InChI=1S/C29H25N3O3/c1-29(2)25(35-28(34)23-11-7-4-8-12-23)19-31-26(33)17-24(21-9-5-3-6-10-21)32(31)27(29)22-15-13-20(18-30)14-16-22/h3-16,19,24,27H,17H2,1-2H3/t24-,27-/m1/s1. The van der Waals surface area contributed by atoms with Gasteiger partial charge in [-0.1, -0.05) is 74.5 Å². The van der Waals surface area contributed by atoms with Crippen LogP contribution in [0.1, 0.15) is 59.4 Å². The summed E-state index contributed by atoms with van der Waals surface area (Å²) in [4.78, 5) is 26.2. The van der Waals surface area contributed by atoms with Gasteiger partial charge < -0.3 is 4.74 Å². The molecule has 2 aliphatic heterocycles. The van der Waals surface area contributed by atoms with Crippen molar-refractivity contribution in [2.45, 2.75) is 32.4 Å². The minimum Gasteiger partial charge on any atom is -0.425 e. The van der Waals surface area contributed by atoms with Crippen molar-refractivity contribution in [3.63, 3.8) is 0 Å². The Morgan fingerprint density at radius 3 is 2.20 bits per heavy atom. The summed E-state index contributed by atoms with van der Waals surface area (Å²) in [6, 6.07) is 27.8.